The molecule has 0 heterocycles. The molecular formula is C106H78Br3N3. The minimum absolute atomic E-state index is 0.0372. The lowest BCUT2D eigenvalue weighted by Crippen LogP contribution is -2.28. The van der Waals surface area contributed by atoms with Crippen molar-refractivity contribution in [3.63, 3.8) is 0 Å². The van der Waals surface area contributed by atoms with E-state index in [0.29, 0.717) is 0 Å². The van der Waals surface area contributed by atoms with Gasteiger partial charge in [0, 0.05) is 69.9 Å². The van der Waals surface area contributed by atoms with E-state index in [1.165, 1.54) is 106 Å². The molecule has 17 aromatic rings. The van der Waals surface area contributed by atoms with Crippen LogP contribution in [0.2, 0.25) is 0 Å². The van der Waals surface area contributed by atoms with Gasteiger partial charge in [-0.25, -0.2) is 0 Å². The first-order chi connectivity index (χ1) is 55.0. The largest absolute Gasteiger partial charge is 0.310 e. The summed E-state index contributed by atoms with van der Waals surface area (Å²) in [5.74, 6) is 0. The summed E-state index contributed by atoms with van der Waals surface area (Å²) in [6.07, 6.45) is 0. The second-order valence-corrected chi connectivity index (χ2v) is 31.5. The van der Waals surface area contributed by atoms with Gasteiger partial charge in [0.2, 0.25) is 0 Å². The fraction of sp³-hybridized carbons (Fsp3) is 0.0377. The van der Waals surface area contributed by atoms with Crippen molar-refractivity contribution in [2.24, 2.45) is 0 Å². The molecule has 0 fully saturated rings. The van der Waals surface area contributed by atoms with Crippen LogP contribution in [-0.4, -0.2) is 0 Å². The maximum absolute atomic E-state index is 3.65. The van der Waals surface area contributed by atoms with Crippen LogP contribution in [0.1, 0.15) is 47.2 Å². The van der Waals surface area contributed by atoms with Crippen LogP contribution in [0.25, 0.3) is 66.8 Å². The number of benzene rings is 17. The van der Waals surface area contributed by atoms with Gasteiger partial charge < -0.3 is 14.7 Å². The lowest BCUT2D eigenvalue weighted by molar-refractivity contribution is 0.660. The Morgan fingerprint density at radius 3 is 0.839 bits per heavy atom. The topological polar surface area (TPSA) is 9.72 Å². The normalized spacial score (nSPS) is 12.3. The molecule has 17 aromatic carbocycles. The van der Waals surface area contributed by atoms with Crippen LogP contribution in [0, 0.1) is 0 Å². The highest BCUT2D eigenvalue weighted by atomic mass is 79.9. The van der Waals surface area contributed by atoms with Gasteiger partial charge in [-0.3, -0.25) is 0 Å². The lowest BCUT2D eigenvalue weighted by atomic mass is 9.67. The van der Waals surface area contributed by atoms with E-state index in [4.69, 9.17) is 0 Å². The van der Waals surface area contributed by atoms with Gasteiger partial charge in [0.05, 0.1) is 11.1 Å². The third kappa shape index (κ3) is 14.5. The minimum atomic E-state index is -0.451. The van der Waals surface area contributed by atoms with Crippen molar-refractivity contribution in [2.75, 3.05) is 14.7 Å². The number of hydrogen-bond donors (Lipinski definition) is 0. The van der Waals surface area contributed by atoms with Crippen molar-refractivity contribution < 1.29 is 0 Å². The summed E-state index contributed by atoms with van der Waals surface area (Å²) < 4.78 is 3.20. The summed E-state index contributed by atoms with van der Waals surface area (Å²) in [6.45, 7) is 4.67. The van der Waals surface area contributed by atoms with Gasteiger partial charge in [-0.15, -0.1) is 0 Å². The first kappa shape index (κ1) is 72.4. The Balaban J connectivity index is 0.000000124. The van der Waals surface area contributed by atoms with E-state index in [1.807, 2.05) is 6.07 Å². The van der Waals surface area contributed by atoms with Gasteiger partial charge in [-0.2, -0.15) is 0 Å². The number of anilines is 9. The fourth-order valence-corrected chi connectivity index (χ4v) is 17.1. The number of rotatable bonds is 15. The Kier molecular flexibility index (Phi) is 20.9. The van der Waals surface area contributed by atoms with Crippen molar-refractivity contribution >= 4 is 99.0 Å². The predicted molar refractivity (Wildman–Crippen MR) is 483 cm³/mol. The minimum Gasteiger partial charge on any atom is -0.310 e. The standard InChI is InChI=1S/C43H30BrN.C33H26BrN.C30H22BrN/c44-35-22-26-37(27-23-35)45(36-24-20-32(21-25-36)31-12-4-1-5-13-31)38-28-29-40-39-18-10-11-19-41(39)43(42(40)30-38,33-14-6-2-7-15-33)34-16-8-3-9-17-34;1-33(2)31-11-7-6-10-29(31)30-21-20-28(22-32(30)33)35(27-18-14-25(34)15-19-27)26-16-12-24(13-17-26)23-8-4-3-5-9-23;31-26-17-21-28(22-18-26)32(27-19-15-24(16-20-27)23-9-3-1-4-10-23)30-14-8-7-13-29(30)25-11-5-2-6-12-25/h1-30H;3-22H,1-2H3;1-22H. The molecule has 0 radical (unpaired) electrons. The smallest absolute Gasteiger partial charge is 0.0714 e. The first-order valence-corrected chi connectivity index (χ1v) is 40.3. The Morgan fingerprint density at radius 2 is 0.446 bits per heavy atom. The van der Waals surface area contributed by atoms with Gasteiger partial charge in [0.25, 0.3) is 0 Å². The molecule has 0 spiro atoms. The second-order valence-electron chi connectivity index (χ2n) is 28.7. The molecule has 538 valence electrons. The van der Waals surface area contributed by atoms with Crippen molar-refractivity contribution in [1.29, 1.82) is 0 Å². The van der Waals surface area contributed by atoms with Crippen LogP contribution >= 0.6 is 47.8 Å². The second kappa shape index (κ2) is 32.3. The summed E-state index contributed by atoms with van der Waals surface area (Å²) in [6, 6.07) is 157. The maximum atomic E-state index is 3.65. The summed E-state index contributed by atoms with van der Waals surface area (Å²) in [5, 5.41) is 0. The molecule has 0 aromatic heterocycles. The molecule has 19 rings (SSSR count). The summed E-state index contributed by atoms with van der Waals surface area (Å²) >= 11 is 10.8. The summed E-state index contributed by atoms with van der Waals surface area (Å²) in [5.41, 5.74) is 32.5. The zero-order chi connectivity index (χ0) is 76.0. The van der Waals surface area contributed by atoms with Gasteiger partial charge in [0.1, 0.15) is 0 Å². The Hall–Kier alpha value is -12.4. The van der Waals surface area contributed by atoms with E-state index >= 15 is 0 Å². The maximum Gasteiger partial charge on any atom is 0.0714 e. The van der Waals surface area contributed by atoms with Gasteiger partial charge in [-0.05, 0) is 234 Å². The highest BCUT2D eigenvalue weighted by molar-refractivity contribution is 9.11. The number of nitrogens with zero attached hydrogens (tertiary/aromatic N) is 3. The molecule has 0 bridgehead atoms. The van der Waals surface area contributed by atoms with Gasteiger partial charge >= 0.3 is 0 Å². The van der Waals surface area contributed by atoms with Crippen LogP contribution in [0.4, 0.5) is 51.2 Å². The quantitative estimate of drug-likeness (QED) is 0.101. The van der Waals surface area contributed by atoms with Gasteiger partial charge in [-0.1, -0.05) is 359 Å². The molecule has 0 atom stereocenters. The molecular weight excluding hydrogens is 1550 g/mol. The first-order valence-electron chi connectivity index (χ1n) is 37.9. The van der Waals surface area contributed by atoms with E-state index in [-0.39, 0.29) is 5.41 Å². The average molecular weight is 1630 g/mol. The molecule has 0 saturated heterocycles. The van der Waals surface area contributed by atoms with E-state index in [9.17, 15) is 0 Å². The van der Waals surface area contributed by atoms with Crippen molar-refractivity contribution in [3.05, 3.63) is 484 Å². The lowest BCUT2D eigenvalue weighted by Gasteiger charge is -2.35. The molecule has 0 N–H and O–H groups in total. The molecule has 6 heteroatoms. The molecule has 0 unspecified atom stereocenters. The zero-order valence-electron chi connectivity index (χ0n) is 62.0. The summed E-state index contributed by atoms with van der Waals surface area (Å²) in [4.78, 5) is 7.04. The van der Waals surface area contributed by atoms with Crippen LogP contribution in [0.5, 0.6) is 0 Å². The Bertz CT molecular complexity index is 6030. The SMILES string of the molecule is Brc1ccc(N(c2ccc(-c3ccccc3)cc2)c2ccc3c(c2)C(c2ccccc2)(c2ccccc2)c2ccccc2-3)cc1.Brc1ccc(N(c2ccc(-c3ccccc3)cc2)c2ccccc2-c2ccccc2)cc1.CC1(C)c2ccccc2-c2ccc(N(c3ccc(Br)cc3)c3ccc(-c4ccccc4)cc3)cc21. The predicted octanol–water partition coefficient (Wildman–Crippen LogP) is 31.1. The van der Waals surface area contributed by atoms with E-state index in [0.717, 1.165) is 58.9 Å². The van der Waals surface area contributed by atoms with E-state index in [1.54, 1.807) is 0 Å². The van der Waals surface area contributed by atoms with Crippen LogP contribution in [0.15, 0.2) is 450 Å². The third-order valence-electron chi connectivity index (χ3n) is 21.7. The van der Waals surface area contributed by atoms with Crippen LogP contribution in [0.3, 0.4) is 0 Å². The van der Waals surface area contributed by atoms with Gasteiger partial charge in [0.15, 0.2) is 0 Å². The Labute approximate surface area is 683 Å². The Morgan fingerprint density at radius 1 is 0.188 bits per heavy atom. The fourth-order valence-electron chi connectivity index (χ4n) is 16.3. The highest BCUT2D eigenvalue weighted by Gasteiger charge is 2.46. The van der Waals surface area contributed by atoms with Crippen molar-refractivity contribution in [3.8, 4) is 66.8 Å². The number of fused-ring (bicyclic) bond motifs is 6. The number of halogens is 3. The summed E-state index contributed by atoms with van der Waals surface area (Å²) in [7, 11) is 0. The van der Waals surface area contributed by atoms with E-state index in [2.05, 4.69) is 507 Å². The molecule has 0 aliphatic heterocycles. The third-order valence-corrected chi connectivity index (χ3v) is 23.3. The molecule has 0 saturated carbocycles. The number of hydrogen-bond acceptors (Lipinski definition) is 3. The molecule has 2 aliphatic rings. The highest BCUT2D eigenvalue weighted by Crippen LogP contribution is 2.58. The van der Waals surface area contributed by atoms with Crippen molar-refractivity contribution in [2.45, 2.75) is 24.7 Å². The molecule has 3 nitrogen and oxygen atoms in total. The average Bonchev–Trinajstić information content (AvgIpc) is 1.54. The molecule has 2 aliphatic carbocycles. The zero-order valence-corrected chi connectivity index (χ0v) is 66.8. The molecule has 0 amide bonds. The molecule has 112 heavy (non-hydrogen) atoms. The van der Waals surface area contributed by atoms with Crippen molar-refractivity contribution in [1.82, 2.24) is 0 Å². The monoisotopic (exact) mass is 1630 g/mol. The number of para-hydroxylation sites is 1. The van der Waals surface area contributed by atoms with E-state index < -0.39 is 5.41 Å². The van der Waals surface area contributed by atoms with Crippen LogP contribution < -0.4 is 14.7 Å². The van der Waals surface area contributed by atoms with Crippen LogP contribution in [-0.2, 0) is 10.8 Å².